The van der Waals surface area contributed by atoms with Gasteiger partial charge in [0.25, 0.3) is 0 Å². The fraction of sp³-hybridized carbons (Fsp3) is 0. The van der Waals surface area contributed by atoms with Crippen LogP contribution in [0.4, 0.5) is 0 Å². The summed E-state index contributed by atoms with van der Waals surface area (Å²) in [5, 5.41) is 1.04. The lowest BCUT2D eigenvalue weighted by molar-refractivity contribution is 1.18. The van der Waals surface area contributed by atoms with Crippen molar-refractivity contribution in [1.82, 2.24) is 15.0 Å². The third kappa shape index (κ3) is 5.55. The van der Waals surface area contributed by atoms with Gasteiger partial charge in [0.05, 0.1) is 21.6 Å². The van der Waals surface area contributed by atoms with Crippen LogP contribution in [0.15, 0.2) is 164 Å². The third-order valence-electron chi connectivity index (χ3n) is 7.97. The van der Waals surface area contributed by atoms with E-state index in [4.69, 9.17) is 15.0 Å². The molecule has 0 unspecified atom stereocenters. The zero-order valence-corrected chi connectivity index (χ0v) is 25.2. The summed E-state index contributed by atoms with van der Waals surface area (Å²) in [6.07, 6.45) is 0. The number of thiazole rings is 1. The van der Waals surface area contributed by atoms with Crippen molar-refractivity contribution >= 4 is 21.6 Å². The molecule has 0 aliphatic rings. The second-order valence-corrected chi connectivity index (χ2v) is 11.9. The molecule has 0 N–H and O–H groups in total. The molecule has 2 aromatic heterocycles. The Labute approximate surface area is 266 Å². The van der Waals surface area contributed by atoms with Crippen LogP contribution in [-0.4, -0.2) is 15.0 Å². The molecule has 0 saturated heterocycles. The first-order chi connectivity index (χ1) is 22.3. The second-order valence-electron chi connectivity index (χ2n) is 10.9. The van der Waals surface area contributed by atoms with E-state index < -0.39 is 0 Å². The minimum atomic E-state index is 0.712. The Kier molecular flexibility index (Phi) is 7.02. The first-order valence-electron chi connectivity index (χ1n) is 14.9. The van der Waals surface area contributed by atoms with E-state index in [0.29, 0.717) is 5.82 Å². The fourth-order valence-electron chi connectivity index (χ4n) is 5.57. The Morgan fingerprint density at radius 2 is 0.778 bits per heavy atom. The van der Waals surface area contributed by atoms with Crippen molar-refractivity contribution in [1.29, 1.82) is 0 Å². The molecule has 0 atom stereocenters. The van der Waals surface area contributed by atoms with Gasteiger partial charge >= 0.3 is 0 Å². The smallest absolute Gasteiger partial charge is 0.160 e. The van der Waals surface area contributed by atoms with Gasteiger partial charge in [0.15, 0.2) is 5.82 Å². The van der Waals surface area contributed by atoms with E-state index in [0.717, 1.165) is 49.7 Å². The zero-order chi connectivity index (χ0) is 30.0. The van der Waals surface area contributed by atoms with E-state index in [1.807, 2.05) is 30.3 Å². The molecule has 45 heavy (non-hydrogen) atoms. The first-order valence-corrected chi connectivity index (χ1v) is 15.8. The van der Waals surface area contributed by atoms with Gasteiger partial charge in [0.2, 0.25) is 0 Å². The molecule has 0 bridgehead atoms. The van der Waals surface area contributed by atoms with Gasteiger partial charge in [-0.25, -0.2) is 15.0 Å². The number of rotatable bonds is 6. The van der Waals surface area contributed by atoms with E-state index in [-0.39, 0.29) is 0 Å². The summed E-state index contributed by atoms with van der Waals surface area (Å²) in [5.74, 6) is 0.712. The lowest BCUT2D eigenvalue weighted by Gasteiger charge is -2.11. The molecular weight excluding hydrogens is 567 g/mol. The van der Waals surface area contributed by atoms with Crippen LogP contribution in [0.5, 0.6) is 0 Å². The monoisotopic (exact) mass is 593 g/mol. The van der Waals surface area contributed by atoms with Crippen LogP contribution in [-0.2, 0) is 0 Å². The van der Waals surface area contributed by atoms with E-state index in [9.17, 15) is 0 Å². The quantitative estimate of drug-likeness (QED) is 0.192. The molecule has 3 nitrogen and oxygen atoms in total. The van der Waals surface area contributed by atoms with Crippen molar-refractivity contribution in [3.8, 4) is 66.7 Å². The van der Waals surface area contributed by atoms with Crippen LogP contribution in [0, 0.1) is 0 Å². The number of hydrogen-bond acceptors (Lipinski definition) is 4. The number of nitrogens with zero attached hydrogens (tertiary/aromatic N) is 3. The van der Waals surface area contributed by atoms with Crippen molar-refractivity contribution in [2.24, 2.45) is 0 Å². The molecule has 6 aromatic carbocycles. The summed E-state index contributed by atoms with van der Waals surface area (Å²) in [6.45, 7) is 0. The summed E-state index contributed by atoms with van der Waals surface area (Å²) in [7, 11) is 0. The molecule has 0 radical (unpaired) electrons. The van der Waals surface area contributed by atoms with Gasteiger partial charge in [-0.15, -0.1) is 11.3 Å². The van der Waals surface area contributed by atoms with Gasteiger partial charge < -0.3 is 0 Å². The van der Waals surface area contributed by atoms with Crippen LogP contribution >= 0.6 is 11.3 Å². The topological polar surface area (TPSA) is 38.7 Å². The summed E-state index contributed by atoms with van der Waals surface area (Å²) in [6, 6.07) is 56.8. The SMILES string of the molecule is c1ccc(-c2ccc(-c3cc(-c4ccc(-c5ccc6nc(-c7ccccc7)sc6c5)cc4)nc(-c4ccccc4)n3)cc2)cc1. The molecule has 8 aromatic rings. The van der Waals surface area contributed by atoms with Crippen LogP contribution in [0.3, 0.4) is 0 Å². The molecule has 0 fully saturated rings. The Morgan fingerprint density at radius 3 is 1.36 bits per heavy atom. The van der Waals surface area contributed by atoms with Crippen molar-refractivity contribution in [2.75, 3.05) is 0 Å². The average Bonchev–Trinajstić information content (AvgIpc) is 3.57. The minimum absolute atomic E-state index is 0.712. The summed E-state index contributed by atoms with van der Waals surface area (Å²) in [4.78, 5) is 14.9. The summed E-state index contributed by atoms with van der Waals surface area (Å²) in [5.41, 5.74) is 11.8. The molecular formula is C41H27N3S. The van der Waals surface area contributed by atoms with Crippen molar-refractivity contribution in [3.05, 3.63) is 164 Å². The number of benzene rings is 6. The highest BCUT2D eigenvalue weighted by molar-refractivity contribution is 7.21. The van der Waals surface area contributed by atoms with Crippen LogP contribution in [0.25, 0.3) is 76.9 Å². The van der Waals surface area contributed by atoms with Gasteiger partial charge in [-0.1, -0.05) is 146 Å². The highest BCUT2D eigenvalue weighted by Gasteiger charge is 2.12. The zero-order valence-electron chi connectivity index (χ0n) is 24.3. The van der Waals surface area contributed by atoms with Gasteiger partial charge in [-0.2, -0.15) is 0 Å². The molecule has 4 heteroatoms. The molecule has 212 valence electrons. The standard InChI is InChI=1S/C41H27N3S/c1-4-10-28(11-5-1)29-16-20-31(21-17-29)37-27-38(43-40(42-37)33-12-6-2-7-13-33)32-22-18-30(19-23-32)35-24-25-36-39(26-35)45-41(44-36)34-14-8-3-9-15-34/h1-27H. The molecule has 0 spiro atoms. The highest BCUT2D eigenvalue weighted by Crippen LogP contribution is 2.34. The predicted octanol–water partition coefficient (Wildman–Crippen LogP) is 11.1. The minimum Gasteiger partial charge on any atom is -0.236 e. The molecule has 8 rings (SSSR count). The van der Waals surface area contributed by atoms with E-state index in [1.54, 1.807) is 11.3 Å². The maximum atomic E-state index is 5.02. The molecule has 2 heterocycles. The average molecular weight is 594 g/mol. The second kappa shape index (κ2) is 11.8. The number of fused-ring (bicyclic) bond motifs is 1. The number of aromatic nitrogens is 3. The fourth-order valence-corrected chi connectivity index (χ4v) is 6.58. The van der Waals surface area contributed by atoms with Crippen LogP contribution in [0.1, 0.15) is 0 Å². The van der Waals surface area contributed by atoms with E-state index >= 15 is 0 Å². The molecule has 0 amide bonds. The third-order valence-corrected chi connectivity index (χ3v) is 9.04. The highest BCUT2D eigenvalue weighted by atomic mass is 32.1. The predicted molar refractivity (Wildman–Crippen MR) is 188 cm³/mol. The van der Waals surface area contributed by atoms with Crippen LogP contribution in [0.2, 0.25) is 0 Å². The maximum absolute atomic E-state index is 5.02. The first kappa shape index (κ1) is 26.9. The van der Waals surface area contributed by atoms with Gasteiger partial charge in [0, 0.05) is 22.3 Å². The Hall–Kier alpha value is -5.71. The summed E-state index contributed by atoms with van der Waals surface area (Å²) >= 11 is 1.73. The largest absolute Gasteiger partial charge is 0.236 e. The summed E-state index contributed by atoms with van der Waals surface area (Å²) < 4.78 is 1.18. The molecule has 0 aliphatic carbocycles. The lowest BCUT2D eigenvalue weighted by atomic mass is 10.0. The van der Waals surface area contributed by atoms with Gasteiger partial charge in [0.1, 0.15) is 5.01 Å². The van der Waals surface area contributed by atoms with Crippen molar-refractivity contribution < 1.29 is 0 Å². The van der Waals surface area contributed by atoms with Crippen molar-refractivity contribution in [3.63, 3.8) is 0 Å². The van der Waals surface area contributed by atoms with Crippen LogP contribution < -0.4 is 0 Å². The number of hydrogen-bond donors (Lipinski definition) is 0. The van der Waals surface area contributed by atoms with Gasteiger partial charge in [-0.05, 0) is 40.5 Å². The van der Waals surface area contributed by atoms with Crippen molar-refractivity contribution in [2.45, 2.75) is 0 Å². The molecule has 0 saturated carbocycles. The molecule has 0 aliphatic heterocycles. The maximum Gasteiger partial charge on any atom is 0.160 e. The van der Waals surface area contributed by atoms with E-state index in [1.165, 1.54) is 21.4 Å². The van der Waals surface area contributed by atoms with E-state index in [2.05, 4.69) is 133 Å². The normalized spacial score (nSPS) is 11.1. The Balaban J connectivity index is 1.14. The van der Waals surface area contributed by atoms with Gasteiger partial charge in [-0.3, -0.25) is 0 Å². The Bertz CT molecular complexity index is 2220. The Morgan fingerprint density at radius 1 is 0.333 bits per heavy atom. The lowest BCUT2D eigenvalue weighted by Crippen LogP contribution is -1.96.